The van der Waals surface area contributed by atoms with Crippen LogP contribution in [0.25, 0.3) is 16.8 Å². The third-order valence-corrected chi connectivity index (χ3v) is 8.60. The largest absolute Gasteiger partial charge is 0.476 e. The first-order chi connectivity index (χ1) is 21.8. The molecule has 0 saturated heterocycles. The summed E-state index contributed by atoms with van der Waals surface area (Å²) in [5.41, 5.74) is 4.68. The first kappa shape index (κ1) is 32.4. The third kappa shape index (κ3) is 7.45. The van der Waals surface area contributed by atoms with Gasteiger partial charge in [-0.25, -0.2) is 4.39 Å². The van der Waals surface area contributed by atoms with Crippen molar-refractivity contribution in [3.8, 4) is 22.7 Å². The first-order valence-electron chi connectivity index (χ1n) is 15.7. The number of carbonyl (C=O) groups excluding carboxylic acids is 2. The van der Waals surface area contributed by atoms with Gasteiger partial charge < -0.3 is 15.0 Å². The average molecular weight is 631 g/mol. The lowest BCUT2D eigenvalue weighted by Gasteiger charge is -2.26. The number of ketones is 1. The number of unbranched alkanes of at least 4 members (excludes halogenated alkanes) is 2. The molecule has 0 spiro atoms. The number of amides is 1. The minimum Gasteiger partial charge on any atom is -0.476 e. The summed E-state index contributed by atoms with van der Waals surface area (Å²) in [4.78, 5) is 28.7. The molecule has 9 heteroatoms. The van der Waals surface area contributed by atoms with Crippen molar-refractivity contribution in [1.29, 1.82) is 0 Å². The number of fused-ring (bicyclic) bond motifs is 1. The highest BCUT2D eigenvalue weighted by atomic mass is 35.5. The quantitative estimate of drug-likeness (QED) is 0.153. The second-order valence-electron chi connectivity index (χ2n) is 11.5. The highest BCUT2D eigenvalue weighted by Crippen LogP contribution is 2.33. The SMILES string of the molecule is CCCCN(CCCC)C(=O)c1cc(OCC2Cc3ccccc3CN2)n(-c2ccc(-c3cccc(F)c3Cl)cc2C(C)=O)n1. The van der Waals surface area contributed by atoms with Crippen LogP contribution in [0.4, 0.5) is 4.39 Å². The fourth-order valence-electron chi connectivity index (χ4n) is 5.64. The van der Waals surface area contributed by atoms with Gasteiger partial charge in [0.2, 0.25) is 5.88 Å². The van der Waals surface area contributed by atoms with Crippen molar-refractivity contribution in [3.63, 3.8) is 0 Å². The Labute approximate surface area is 269 Å². The van der Waals surface area contributed by atoms with Gasteiger partial charge in [0.25, 0.3) is 5.91 Å². The van der Waals surface area contributed by atoms with Crippen molar-refractivity contribution in [3.05, 3.63) is 100.0 Å². The monoisotopic (exact) mass is 630 g/mol. The van der Waals surface area contributed by atoms with E-state index in [1.807, 2.05) is 17.0 Å². The van der Waals surface area contributed by atoms with Crippen molar-refractivity contribution in [1.82, 2.24) is 20.0 Å². The Morgan fingerprint density at radius 1 is 1.02 bits per heavy atom. The number of ether oxygens (including phenoxy) is 1. The maximum Gasteiger partial charge on any atom is 0.274 e. The summed E-state index contributed by atoms with van der Waals surface area (Å²) >= 11 is 6.28. The van der Waals surface area contributed by atoms with Crippen LogP contribution in [0, 0.1) is 5.82 Å². The summed E-state index contributed by atoms with van der Waals surface area (Å²) in [5.74, 6) is -0.559. The summed E-state index contributed by atoms with van der Waals surface area (Å²) in [6.45, 7) is 8.05. The van der Waals surface area contributed by atoms with E-state index in [1.165, 1.54) is 28.8 Å². The topological polar surface area (TPSA) is 76.5 Å². The molecule has 4 aromatic rings. The molecule has 1 N–H and O–H groups in total. The number of Topliss-reactive ketones (excluding diaryl/α,β-unsaturated/α-hetero) is 1. The number of aromatic nitrogens is 2. The highest BCUT2D eigenvalue weighted by Gasteiger charge is 2.25. The van der Waals surface area contributed by atoms with Crippen LogP contribution >= 0.6 is 11.6 Å². The zero-order chi connectivity index (χ0) is 31.9. The lowest BCUT2D eigenvalue weighted by atomic mass is 9.96. The lowest BCUT2D eigenvalue weighted by Crippen LogP contribution is -2.40. The van der Waals surface area contributed by atoms with E-state index in [-0.39, 0.29) is 28.4 Å². The molecule has 2 heterocycles. The van der Waals surface area contributed by atoms with E-state index < -0.39 is 5.82 Å². The van der Waals surface area contributed by atoms with Crippen LogP contribution in [0.1, 0.15) is 78.4 Å². The highest BCUT2D eigenvalue weighted by molar-refractivity contribution is 6.33. The van der Waals surface area contributed by atoms with Crippen LogP contribution in [0.3, 0.4) is 0 Å². The predicted octanol–water partition coefficient (Wildman–Crippen LogP) is 7.67. The molecule has 1 aromatic heterocycles. The van der Waals surface area contributed by atoms with Gasteiger partial charge in [0.1, 0.15) is 12.4 Å². The van der Waals surface area contributed by atoms with Gasteiger partial charge in [-0.2, -0.15) is 9.78 Å². The van der Waals surface area contributed by atoms with Crippen molar-refractivity contribution in [2.45, 2.75) is 65.5 Å². The van der Waals surface area contributed by atoms with E-state index in [0.717, 1.165) is 38.6 Å². The van der Waals surface area contributed by atoms with Crippen molar-refractivity contribution >= 4 is 23.3 Å². The average Bonchev–Trinajstić information content (AvgIpc) is 3.48. The summed E-state index contributed by atoms with van der Waals surface area (Å²) in [6, 6.07) is 19.8. The van der Waals surface area contributed by atoms with E-state index in [1.54, 1.807) is 36.4 Å². The molecule has 45 heavy (non-hydrogen) atoms. The molecule has 236 valence electrons. The molecule has 3 aromatic carbocycles. The molecule has 1 aliphatic rings. The summed E-state index contributed by atoms with van der Waals surface area (Å²) in [7, 11) is 0. The molecule has 5 rings (SSSR count). The molecule has 7 nitrogen and oxygen atoms in total. The number of rotatable bonds is 13. The Kier molecular flexibility index (Phi) is 10.7. The molecule has 1 amide bonds. The number of carbonyl (C=O) groups is 2. The van der Waals surface area contributed by atoms with Gasteiger partial charge in [-0.05, 0) is 61.1 Å². The van der Waals surface area contributed by atoms with Gasteiger partial charge in [-0.1, -0.05) is 80.8 Å². The molecule has 0 bridgehead atoms. The normalized spacial score (nSPS) is 14.2. The van der Waals surface area contributed by atoms with Gasteiger partial charge in [0.15, 0.2) is 11.5 Å². The number of benzene rings is 3. The Bertz CT molecular complexity index is 1660. The van der Waals surface area contributed by atoms with Crippen molar-refractivity contribution in [2.24, 2.45) is 0 Å². The van der Waals surface area contributed by atoms with E-state index >= 15 is 0 Å². The summed E-state index contributed by atoms with van der Waals surface area (Å²) in [6.07, 6.45) is 4.54. The minimum atomic E-state index is -0.539. The van der Waals surface area contributed by atoms with Gasteiger partial charge >= 0.3 is 0 Å². The Balaban J connectivity index is 1.52. The van der Waals surface area contributed by atoms with Gasteiger partial charge in [-0.15, -0.1) is 0 Å². The predicted molar refractivity (Wildman–Crippen MR) is 176 cm³/mol. The third-order valence-electron chi connectivity index (χ3n) is 8.21. The van der Waals surface area contributed by atoms with E-state index in [4.69, 9.17) is 21.4 Å². The molecule has 1 unspecified atom stereocenters. The lowest BCUT2D eigenvalue weighted by molar-refractivity contribution is 0.0744. The van der Waals surface area contributed by atoms with Gasteiger partial charge in [0.05, 0.1) is 10.7 Å². The van der Waals surface area contributed by atoms with E-state index in [0.29, 0.717) is 48.0 Å². The Hall–Kier alpha value is -4.01. The van der Waals surface area contributed by atoms with Crippen molar-refractivity contribution < 1.29 is 18.7 Å². The number of halogens is 2. The zero-order valence-electron chi connectivity index (χ0n) is 26.1. The fraction of sp³-hybridized carbons (Fsp3) is 0.361. The first-order valence-corrected chi connectivity index (χ1v) is 16.1. The molecule has 0 radical (unpaired) electrons. The summed E-state index contributed by atoms with van der Waals surface area (Å²) in [5, 5.41) is 8.26. The fourth-order valence-corrected chi connectivity index (χ4v) is 5.88. The second kappa shape index (κ2) is 14.8. The summed E-state index contributed by atoms with van der Waals surface area (Å²) < 4.78 is 22.2. The Morgan fingerprint density at radius 2 is 1.76 bits per heavy atom. The standard InChI is InChI=1S/C36H40ClFN4O3/c1-4-6-17-41(18-7-5-2)36(44)32-21-34(45-23-28-19-25-11-8-9-12-27(25)22-39-28)42(40-32)33-16-15-26(20-30(33)24(3)43)29-13-10-14-31(38)35(29)37/h8-16,20-21,28,39H,4-7,17-19,22-23H2,1-3H3. The van der Waals surface area contributed by atoms with Crippen LogP contribution in [-0.2, 0) is 13.0 Å². The Morgan fingerprint density at radius 3 is 2.47 bits per heavy atom. The van der Waals surface area contributed by atoms with Gasteiger partial charge in [0, 0.05) is 42.9 Å². The van der Waals surface area contributed by atoms with Crippen LogP contribution in [-0.4, -0.2) is 52.1 Å². The van der Waals surface area contributed by atoms with Crippen LogP contribution in [0.5, 0.6) is 5.88 Å². The molecular weight excluding hydrogens is 591 g/mol. The number of hydrogen-bond acceptors (Lipinski definition) is 5. The maximum absolute atomic E-state index is 14.3. The number of hydrogen-bond donors (Lipinski definition) is 1. The zero-order valence-corrected chi connectivity index (χ0v) is 26.9. The smallest absolute Gasteiger partial charge is 0.274 e. The van der Waals surface area contributed by atoms with Crippen LogP contribution < -0.4 is 10.1 Å². The molecule has 1 atom stereocenters. The molecular formula is C36H40ClFN4O3. The van der Waals surface area contributed by atoms with Crippen LogP contribution in [0.15, 0.2) is 66.7 Å². The minimum absolute atomic E-state index is 0.0171. The number of nitrogens with zero attached hydrogens (tertiary/aromatic N) is 3. The van der Waals surface area contributed by atoms with E-state index in [9.17, 15) is 14.0 Å². The second-order valence-corrected chi connectivity index (χ2v) is 11.9. The van der Waals surface area contributed by atoms with Crippen molar-refractivity contribution in [2.75, 3.05) is 19.7 Å². The molecule has 0 fully saturated rings. The van der Waals surface area contributed by atoms with Crippen LogP contribution in [0.2, 0.25) is 5.02 Å². The molecule has 0 aliphatic carbocycles. The molecule has 0 saturated carbocycles. The number of nitrogens with one attached hydrogen (secondary N) is 1. The van der Waals surface area contributed by atoms with Gasteiger partial charge in [-0.3, -0.25) is 9.59 Å². The molecule has 1 aliphatic heterocycles. The maximum atomic E-state index is 14.3. The van der Waals surface area contributed by atoms with E-state index in [2.05, 4.69) is 31.3 Å².